The Hall–Kier alpha value is -0.610. The first-order chi connectivity index (χ1) is 9.55. The van der Waals surface area contributed by atoms with Crippen molar-refractivity contribution < 1.29 is 9.53 Å². The maximum Gasteiger partial charge on any atom is 0.305 e. The van der Waals surface area contributed by atoms with Crippen molar-refractivity contribution >= 4 is 5.97 Å². The average Bonchev–Trinajstić information content (AvgIpc) is 2.42. The number of nitrogens with zero attached hydrogens (tertiary/aromatic N) is 1. The van der Waals surface area contributed by atoms with Crippen LogP contribution in [0.1, 0.15) is 46.5 Å². The largest absolute Gasteiger partial charge is 0.469 e. The highest BCUT2D eigenvalue weighted by Gasteiger charge is 2.26. The predicted octanol–water partition coefficient (Wildman–Crippen LogP) is 2.29. The molecule has 1 saturated heterocycles. The molecule has 0 saturated carbocycles. The lowest BCUT2D eigenvalue weighted by atomic mass is 9.90. The van der Waals surface area contributed by atoms with E-state index >= 15 is 0 Å². The van der Waals surface area contributed by atoms with E-state index in [2.05, 4.69) is 31.0 Å². The van der Waals surface area contributed by atoms with Crippen LogP contribution < -0.4 is 5.32 Å². The second-order valence-electron chi connectivity index (χ2n) is 6.48. The predicted molar refractivity (Wildman–Crippen MR) is 82.7 cm³/mol. The van der Waals surface area contributed by atoms with Crippen LogP contribution >= 0.6 is 0 Å². The summed E-state index contributed by atoms with van der Waals surface area (Å²) in [5.41, 5.74) is 0. The van der Waals surface area contributed by atoms with Crippen LogP contribution in [0.2, 0.25) is 0 Å². The number of hydrogen-bond donors (Lipinski definition) is 1. The molecule has 0 bridgehead atoms. The highest BCUT2D eigenvalue weighted by Crippen LogP contribution is 2.22. The lowest BCUT2D eigenvalue weighted by molar-refractivity contribution is -0.141. The maximum absolute atomic E-state index is 11.3. The zero-order valence-electron chi connectivity index (χ0n) is 13.7. The first kappa shape index (κ1) is 17.4. The molecular formula is C16H32N2O2. The third-order valence-electron chi connectivity index (χ3n) is 3.95. The molecule has 4 nitrogen and oxygen atoms in total. The molecule has 4 heteroatoms. The van der Waals surface area contributed by atoms with Gasteiger partial charge >= 0.3 is 5.97 Å². The van der Waals surface area contributed by atoms with E-state index in [9.17, 15) is 4.79 Å². The topological polar surface area (TPSA) is 41.6 Å². The number of methoxy groups -OCH3 is 1. The van der Waals surface area contributed by atoms with Gasteiger partial charge in [0.15, 0.2) is 0 Å². The Morgan fingerprint density at radius 2 is 2.15 bits per heavy atom. The number of rotatable bonds is 8. The molecule has 1 aliphatic rings. The Bertz CT molecular complexity index is 282. The first-order valence-corrected chi connectivity index (χ1v) is 8.07. The quantitative estimate of drug-likeness (QED) is 0.694. The molecule has 0 spiro atoms. The van der Waals surface area contributed by atoms with Gasteiger partial charge in [-0.1, -0.05) is 20.8 Å². The lowest BCUT2D eigenvalue weighted by Gasteiger charge is -2.38. The summed E-state index contributed by atoms with van der Waals surface area (Å²) in [5.74, 6) is 1.22. The number of ether oxygens (including phenoxy) is 1. The van der Waals surface area contributed by atoms with Gasteiger partial charge in [-0.2, -0.15) is 0 Å². The van der Waals surface area contributed by atoms with Gasteiger partial charge in [0, 0.05) is 25.6 Å². The zero-order valence-corrected chi connectivity index (χ0v) is 13.7. The molecule has 20 heavy (non-hydrogen) atoms. The van der Waals surface area contributed by atoms with Crippen molar-refractivity contribution in [1.82, 2.24) is 10.2 Å². The molecule has 0 aliphatic carbocycles. The molecule has 0 radical (unpaired) electrons. The molecule has 0 aromatic heterocycles. The number of piperidine rings is 1. The number of likely N-dealkylation sites (tertiary alicyclic amines) is 1. The third-order valence-corrected chi connectivity index (χ3v) is 3.95. The summed E-state index contributed by atoms with van der Waals surface area (Å²) in [4.78, 5) is 13.9. The van der Waals surface area contributed by atoms with Crippen LogP contribution in [0.4, 0.5) is 0 Å². The lowest BCUT2D eigenvalue weighted by Crippen LogP contribution is -2.50. The number of esters is 1. The van der Waals surface area contributed by atoms with Gasteiger partial charge in [-0.15, -0.1) is 0 Å². The maximum atomic E-state index is 11.3. The molecule has 0 aromatic rings. The second-order valence-corrected chi connectivity index (χ2v) is 6.48. The number of nitrogens with one attached hydrogen (secondary N) is 1. The fourth-order valence-corrected chi connectivity index (χ4v) is 2.99. The van der Waals surface area contributed by atoms with Gasteiger partial charge in [0.2, 0.25) is 0 Å². The Balaban J connectivity index is 2.44. The fourth-order valence-electron chi connectivity index (χ4n) is 2.99. The van der Waals surface area contributed by atoms with Crippen molar-refractivity contribution in [3.05, 3.63) is 0 Å². The molecule has 1 aliphatic heterocycles. The van der Waals surface area contributed by atoms with Gasteiger partial charge in [0.25, 0.3) is 0 Å². The van der Waals surface area contributed by atoms with E-state index in [-0.39, 0.29) is 5.97 Å². The Kier molecular flexibility index (Phi) is 8.15. The molecule has 0 aromatic carbocycles. The van der Waals surface area contributed by atoms with Crippen LogP contribution in [0.3, 0.4) is 0 Å². The summed E-state index contributed by atoms with van der Waals surface area (Å²) < 4.78 is 4.75. The van der Waals surface area contributed by atoms with Crippen molar-refractivity contribution in [2.24, 2.45) is 11.8 Å². The minimum absolute atomic E-state index is 0.0793. The smallest absolute Gasteiger partial charge is 0.305 e. The van der Waals surface area contributed by atoms with Gasteiger partial charge in [-0.3, -0.25) is 4.79 Å². The zero-order chi connectivity index (χ0) is 15.0. The van der Waals surface area contributed by atoms with Crippen molar-refractivity contribution in [2.45, 2.75) is 52.5 Å². The number of carbonyl (C=O) groups is 1. The van der Waals surface area contributed by atoms with Gasteiger partial charge in [-0.05, 0) is 44.2 Å². The SMILES string of the molecule is CCCN1CC(CCC(=O)OC)CC(NCC(C)C)C1. The number of hydrogen-bond acceptors (Lipinski definition) is 4. The standard InChI is InChI=1S/C16H32N2O2/c1-5-8-18-11-14(6-7-16(19)20-4)9-15(12-18)17-10-13(2)3/h13-15,17H,5-12H2,1-4H3. The van der Waals surface area contributed by atoms with Gasteiger partial charge in [0.1, 0.15) is 0 Å². The van der Waals surface area contributed by atoms with Crippen molar-refractivity contribution in [3.63, 3.8) is 0 Å². The molecule has 1 fully saturated rings. The Morgan fingerprint density at radius 3 is 2.75 bits per heavy atom. The van der Waals surface area contributed by atoms with E-state index in [1.807, 2.05) is 0 Å². The van der Waals surface area contributed by atoms with E-state index < -0.39 is 0 Å². The monoisotopic (exact) mass is 284 g/mol. The first-order valence-electron chi connectivity index (χ1n) is 8.07. The Morgan fingerprint density at radius 1 is 1.40 bits per heavy atom. The van der Waals surface area contributed by atoms with Crippen molar-refractivity contribution in [2.75, 3.05) is 33.3 Å². The molecule has 1 heterocycles. The van der Waals surface area contributed by atoms with E-state index in [1.165, 1.54) is 20.0 Å². The van der Waals surface area contributed by atoms with Crippen molar-refractivity contribution in [1.29, 1.82) is 0 Å². The molecule has 2 atom stereocenters. The number of carbonyl (C=O) groups excluding carboxylic acids is 1. The van der Waals surface area contributed by atoms with Crippen LogP contribution in [0, 0.1) is 11.8 Å². The van der Waals surface area contributed by atoms with Crippen molar-refractivity contribution in [3.8, 4) is 0 Å². The van der Waals surface area contributed by atoms with Crippen LogP contribution in [0.5, 0.6) is 0 Å². The molecule has 2 unspecified atom stereocenters. The highest BCUT2D eigenvalue weighted by molar-refractivity contribution is 5.69. The highest BCUT2D eigenvalue weighted by atomic mass is 16.5. The summed E-state index contributed by atoms with van der Waals surface area (Å²) in [5, 5.41) is 3.68. The van der Waals surface area contributed by atoms with Crippen LogP contribution in [-0.2, 0) is 9.53 Å². The van der Waals surface area contributed by atoms with E-state index in [1.54, 1.807) is 0 Å². The minimum atomic E-state index is -0.0793. The van der Waals surface area contributed by atoms with Crippen LogP contribution in [0.25, 0.3) is 0 Å². The van der Waals surface area contributed by atoms with Crippen LogP contribution in [-0.4, -0.2) is 50.2 Å². The summed E-state index contributed by atoms with van der Waals surface area (Å²) >= 11 is 0. The van der Waals surface area contributed by atoms with E-state index in [0.717, 1.165) is 32.6 Å². The molecular weight excluding hydrogens is 252 g/mol. The molecule has 0 amide bonds. The second kappa shape index (κ2) is 9.35. The minimum Gasteiger partial charge on any atom is -0.469 e. The summed E-state index contributed by atoms with van der Waals surface area (Å²) in [7, 11) is 1.47. The normalized spacial score (nSPS) is 24.1. The third kappa shape index (κ3) is 6.71. The van der Waals surface area contributed by atoms with E-state index in [0.29, 0.717) is 24.3 Å². The molecule has 1 N–H and O–H groups in total. The van der Waals surface area contributed by atoms with Gasteiger partial charge in [0.05, 0.1) is 7.11 Å². The molecule has 118 valence electrons. The molecule has 1 rings (SSSR count). The summed E-state index contributed by atoms with van der Waals surface area (Å²) in [6, 6.07) is 0.570. The van der Waals surface area contributed by atoms with Gasteiger partial charge < -0.3 is 15.0 Å². The van der Waals surface area contributed by atoms with Gasteiger partial charge in [-0.25, -0.2) is 0 Å². The van der Waals surface area contributed by atoms with E-state index in [4.69, 9.17) is 4.74 Å². The fraction of sp³-hybridized carbons (Fsp3) is 0.938. The summed E-state index contributed by atoms with van der Waals surface area (Å²) in [6.45, 7) is 11.2. The van der Waals surface area contributed by atoms with Crippen LogP contribution in [0.15, 0.2) is 0 Å². The summed E-state index contributed by atoms with van der Waals surface area (Å²) in [6.07, 6.45) is 3.88. The average molecular weight is 284 g/mol. The Labute approximate surface area is 124 Å².